The van der Waals surface area contributed by atoms with Crippen LogP contribution in [0.5, 0.6) is 0 Å². The van der Waals surface area contributed by atoms with Crippen molar-refractivity contribution in [3.8, 4) is 0 Å². The van der Waals surface area contributed by atoms with Crippen LogP contribution in [0.4, 0.5) is 0 Å². The molecule has 1 rings (SSSR count). The van der Waals surface area contributed by atoms with Gasteiger partial charge in [0.15, 0.2) is 0 Å². The van der Waals surface area contributed by atoms with Crippen LogP contribution in [0, 0.1) is 6.92 Å². The highest BCUT2D eigenvalue weighted by Crippen LogP contribution is 2.06. The standard InChI is InChI=1S/C11H17N.ClH/c1-3-11(12)8-10-6-4-5-9(2)7-10;/h4-7,11H,3,8,12H2,1-2H3;1H. The molecule has 0 aliphatic rings. The van der Waals surface area contributed by atoms with Crippen molar-refractivity contribution < 1.29 is 0 Å². The number of rotatable bonds is 3. The lowest BCUT2D eigenvalue weighted by atomic mass is 10.0. The largest absolute Gasteiger partial charge is 0.327 e. The monoisotopic (exact) mass is 199 g/mol. The number of benzene rings is 1. The van der Waals surface area contributed by atoms with Gasteiger partial charge in [-0.25, -0.2) is 0 Å². The molecule has 0 saturated heterocycles. The van der Waals surface area contributed by atoms with E-state index in [2.05, 4.69) is 38.1 Å². The topological polar surface area (TPSA) is 26.0 Å². The number of aryl methyl sites for hydroxylation is 1. The molecule has 1 atom stereocenters. The Hall–Kier alpha value is -0.530. The smallest absolute Gasteiger partial charge is 0.00766 e. The van der Waals surface area contributed by atoms with Crippen molar-refractivity contribution in [1.82, 2.24) is 0 Å². The van der Waals surface area contributed by atoms with Crippen LogP contribution in [0.25, 0.3) is 0 Å². The second kappa shape index (κ2) is 6.01. The molecule has 0 amide bonds. The van der Waals surface area contributed by atoms with E-state index in [-0.39, 0.29) is 12.4 Å². The van der Waals surface area contributed by atoms with Gasteiger partial charge in [-0.1, -0.05) is 36.8 Å². The molecule has 1 unspecified atom stereocenters. The Labute approximate surface area is 86.7 Å². The van der Waals surface area contributed by atoms with Gasteiger partial charge < -0.3 is 5.73 Å². The summed E-state index contributed by atoms with van der Waals surface area (Å²) in [7, 11) is 0. The van der Waals surface area contributed by atoms with Crippen LogP contribution in [0.15, 0.2) is 24.3 Å². The minimum absolute atomic E-state index is 0. The van der Waals surface area contributed by atoms with E-state index >= 15 is 0 Å². The molecule has 0 aliphatic heterocycles. The van der Waals surface area contributed by atoms with Crippen molar-refractivity contribution in [3.05, 3.63) is 35.4 Å². The zero-order chi connectivity index (χ0) is 8.97. The lowest BCUT2D eigenvalue weighted by Crippen LogP contribution is -2.21. The Morgan fingerprint density at radius 3 is 2.62 bits per heavy atom. The van der Waals surface area contributed by atoms with E-state index in [9.17, 15) is 0 Å². The highest BCUT2D eigenvalue weighted by molar-refractivity contribution is 5.85. The van der Waals surface area contributed by atoms with Gasteiger partial charge in [0.05, 0.1) is 0 Å². The van der Waals surface area contributed by atoms with Gasteiger partial charge in [-0.2, -0.15) is 0 Å². The van der Waals surface area contributed by atoms with Crippen molar-refractivity contribution in [2.24, 2.45) is 5.73 Å². The van der Waals surface area contributed by atoms with Gasteiger partial charge in [-0.3, -0.25) is 0 Å². The molecule has 0 heterocycles. The molecule has 74 valence electrons. The number of hydrogen-bond donors (Lipinski definition) is 1. The van der Waals surface area contributed by atoms with E-state index < -0.39 is 0 Å². The first-order valence-corrected chi connectivity index (χ1v) is 4.53. The van der Waals surface area contributed by atoms with Crippen molar-refractivity contribution in [2.75, 3.05) is 0 Å². The summed E-state index contributed by atoms with van der Waals surface area (Å²) in [5, 5.41) is 0. The van der Waals surface area contributed by atoms with E-state index in [0.29, 0.717) is 6.04 Å². The third-order valence-electron chi connectivity index (χ3n) is 2.10. The summed E-state index contributed by atoms with van der Waals surface area (Å²) in [6.45, 7) is 4.24. The average Bonchev–Trinajstić information content (AvgIpc) is 2.04. The summed E-state index contributed by atoms with van der Waals surface area (Å²) in [6, 6.07) is 8.86. The first kappa shape index (κ1) is 12.5. The highest BCUT2D eigenvalue weighted by Gasteiger charge is 2.00. The summed E-state index contributed by atoms with van der Waals surface area (Å²) >= 11 is 0. The predicted molar refractivity (Wildman–Crippen MR) is 60.4 cm³/mol. The normalized spacial score (nSPS) is 11.9. The van der Waals surface area contributed by atoms with Crippen molar-refractivity contribution in [1.29, 1.82) is 0 Å². The molecule has 13 heavy (non-hydrogen) atoms. The van der Waals surface area contributed by atoms with Gasteiger partial charge in [0.25, 0.3) is 0 Å². The van der Waals surface area contributed by atoms with Gasteiger partial charge in [0.2, 0.25) is 0 Å². The fourth-order valence-corrected chi connectivity index (χ4v) is 1.29. The van der Waals surface area contributed by atoms with Crippen LogP contribution in [-0.4, -0.2) is 6.04 Å². The highest BCUT2D eigenvalue weighted by atomic mass is 35.5. The van der Waals surface area contributed by atoms with E-state index in [4.69, 9.17) is 5.73 Å². The lowest BCUT2D eigenvalue weighted by molar-refractivity contribution is 0.646. The fraction of sp³-hybridized carbons (Fsp3) is 0.455. The summed E-state index contributed by atoms with van der Waals surface area (Å²) in [5.74, 6) is 0. The fourth-order valence-electron chi connectivity index (χ4n) is 1.29. The number of hydrogen-bond acceptors (Lipinski definition) is 1. The first-order valence-electron chi connectivity index (χ1n) is 4.53. The molecule has 0 aromatic heterocycles. The van der Waals surface area contributed by atoms with Crippen LogP contribution in [0.2, 0.25) is 0 Å². The molecule has 0 spiro atoms. The van der Waals surface area contributed by atoms with E-state index in [0.717, 1.165) is 12.8 Å². The average molecular weight is 200 g/mol. The van der Waals surface area contributed by atoms with Crippen LogP contribution in [0.1, 0.15) is 24.5 Å². The van der Waals surface area contributed by atoms with Crippen molar-refractivity contribution in [2.45, 2.75) is 32.7 Å². The molecule has 0 saturated carbocycles. The Kier molecular flexibility index (Phi) is 5.76. The SMILES string of the molecule is CCC(N)Cc1cccc(C)c1.Cl. The Balaban J connectivity index is 0.00000144. The predicted octanol–water partition coefficient (Wildman–Crippen LogP) is 2.70. The molecule has 2 N–H and O–H groups in total. The maximum atomic E-state index is 5.86. The number of halogens is 1. The summed E-state index contributed by atoms with van der Waals surface area (Å²) in [4.78, 5) is 0. The van der Waals surface area contributed by atoms with Crippen LogP contribution in [0.3, 0.4) is 0 Å². The second-order valence-electron chi connectivity index (χ2n) is 3.36. The van der Waals surface area contributed by atoms with Gasteiger partial charge in [-0.05, 0) is 25.3 Å². The third kappa shape index (κ3) is 4.30. The van der Waals surface area contributed by atoms with Gasteiger partial charge in [0.1, 0.15) is 0 Å². The summed E-state index contributed by atoms with van der Waals surface area (Å²) in [6.07, 6.45) is 2.05. The van der Waals surface area contributed by atoms with Crippen molar-refractivity contribution >= 4 is 12.4 Å². The molecule has 1 aromatic rings. The summed E-state index contributed by atoms with van der Waals surface area (Å²) < 4.78 is 0. The molecular formula is C11H18ClN. The number of nitrogens with two attached hydrogens (primary N) is 1. The van der Waals surface area contributed by atoms with Gasteiger partial charge in [0, 0.05) is 6.04 Å². The maximum Gasteiger partial charge on any atom is 0.00766 e. The Bertz CT molecular complexity index is 248. The van der Waals surface area contributed by atoms with E-state index in [1.165, 1.54) is 11.1 Å². The van der Waals surface area contributed by atoms with Crippen LogP contribution in [-0.2, 0) is 6.42 Å². The first-order chi connectivity index (χ1) is 5.72. The van der Waals surface area contributed by atoms with E-state index in [1.54, 1.807) is 0 Å². The molecule has 0 radical (unpaired) electrons. The lowest BCUT2D eigenvalue weighted by Gasteiger charge is -2.08. The quantitative estimate of drug-likeness (QED) is 0.796. The second-order valence-corrected chi connectivity index (χ2v) is 3.36. The van der Waals surface area contributed by atoms with Crippen molar-refractivity contribution in [3.63, 3.8) is 0 Å². The minimum Gasteiger partial charge on any atom is -0.327 e. The summed E-state index contributed by atoms with van der Waals surface area (Å²) in [5.41, 5.74) is 8.52. The van der Waals surface area contributed by atoms with Crippen LogP contribution < -0.4 is 5.73 Å². The van der Waals surface area contributed by atoms with E-state index in [1.807, 2.05) is 0 Å². The molecule has 0 fully saturated rings. The molecule has 2 heteroatoms. The maximum absolute atomic E-state index is 5.86. The third-order valence-corrected chi connectivity index (χ3v) is 2.10. The van der Waals surface area contributed by atoms with Crippen LogP contribution >= 0.6 is 12.4 Å². The molecule has 0 aliphatic carbocycles. The Morgan fingerprint density at radius 1 is 1.38 bits per heavy atom. The molecule has 1 aromatic carbocycles. The zero-order valence-electron chi connectivity index (χ0n) is 8.29. The van der Waals surface area contributed by atoms with Gasteiger partial charge in [-0.15, -0.1) is 12.4 Å². The molecule has 0 bridgehead atoms. The molecular weight excluding hydrogens is 182 g/mol. The molecule has 1 nitrogen and oxygen atoms in total. The van der Waals surface area contributed by atoms with Gasteiger partial charge >= 0.3 is 0 Å². The minimum atomic E-state index is 0. The Morgan fingerprint density at radius 2 is 2.08 bits per heavy atom. The zero-order valence-corrected chi connectivity index (χ0v) is 9.10.